The van der Waals surface area contributed by atoms with Crippen molar-refractivity contribution in [2.75, 3.05) is 5.75 Å². The van der Waals surface area contributed by atoms with Crippen molar-refractivity contribution in [2.24, 2.45) is 0 Å². The highest BCUT2D eigenvalue weighted by Gasteiger charge is 1.87. The first kappa shape index (κ1) is 4.82. The Hall–Kier alpha value is -0.180. The van der Waals surface area contributed by atoms with Gasteiger partial charge in [0.1, 0.15) is 5.75 Å². The van der Waals surface area contributed by atoms with Gasteiger partial charge in [0.15, 0.2) is 0 Å². The van der Waals surface area contributed by atoms with Crippen LogP contribution in [-0.2, 0) is 9.90 Å². The fourth-order valence-corrected chi connectivity index (χ4v) is 0. The average molecular weight is 90.1 g/mol. The van der Waals surface area contributed by atoms with Gasteiger partial charge in [0.2, 0.25) is 0 Å². The molecule has 2 radical (unpaired) electrons. The van der Waals surface area contributed by atoms with E-state index in [-0.39, 0.29) is 5.75 Å². The molecule has 0 heterocycles. The van der Waals surface area contributed by atoms with Crippen LogP contribution in [0.25, 0.3) is 0 Å². The molecule has 0 atom stereocenters. The Labute approximate surface area is 35.2 Å². The molecular formula is C2H2O2S. The molecular weight excluding hydrogens is 88.1 g/mol. The first-order valence-electron chi connectivity index (χ1n) is 1.05. The molecule has 2 nitrogen and oxygen atoms in total. The van der Waals surface area contributed by atoms with Crippen LogP contribution in [0.3, 0.4) is 0 Å². The third-order valence-electron chi connectivity index (χ3n) is 0.118. The van der Waals surface area contributed by atoms with Crippen LogP contribution in [0, 0.1) is 0 Å². The van der Waals surface area contributed by atoms with Crippen molar-refractivity contribution in [1.29, 1.82) is 0 Å². The van der Waals surface area contributed by atoms with E-state index >= 15 is 0 Å². The normalized spacial score (nSPS) is 7.40. The van der Waals surface area contributed by atoms with Crippen LogP contribution < -0.4 is 0 Å². The Morgan fingerprint density at radius 3 is 2.00 bits per heavy atom. The molecule has 0 aromatic rings. The van der Waals surface area contributed by atoms with Crippen LogP contribution in [0.2, 0.25) is 0 Å². The van der Waals surface area contributed by atoms with Gasteiger partial charge in [-0.05, 0) is 0 Å². The van der Waals surface area contributed by atoms with Gasteiger partial charge in [-0.3, -0.25) is 0 Å². The van der Waals surface area contributed by atoms with Crippen molar-refractivity contribution >= 4 is 18.6 Å². The molecule has 0 unspecified atom stereocenters. The number of carbonyl (C=O) groups excluding carboxylic acids is 1. The Kier molecular flexibility index (Phi) is 2.01. The summed E-state index contributed by atoms with van der Waals surface area (Å²) >= 11 is 4.01. The second-order valence-electron chi connectivity index (χ2n) is 0.516. The fourth-order valence-electron chi connectivity index (χ4n) is 0. The molecule has 0 rings (SSSR count). The average Bonchev–Trinajstić information content (AvgIpc) is 1.38. The van der Waals surface area contributed by atoms with Crippen molar-refractivity contribution in [2.45, 2.75) is 0 Å². The Balaban J connectivity index is 2.85. The lowest BCUT2D eigenvalue weighted by Crippen LogP contribution is -1.90. The minimum Gasteiger partial charge on any atom is -0.246 e. The van der Waals surface area contributed by atoms with E-state index in [2.05, 4.69) is 12.6 Å². The van der Waals surface area contributed by atoms with Crippen molar-refractivity contribution in [3.05, 3.63) is 0 Å². The van der Waals surface area contributed by atoms with Gasteiger partial charge in [-0.15, -0.1) is 0 Å². The molecule has 0 aromatic heterocycles. The Morgan fingerprint density at radius 2 is 2.00 bits per heavy atom. The van der Waals surface area contributed by atoms with Crippen LogP contribution >= 0.6 is 12.6 Å². The van der Waals surface area contributed by atoms with Gasteiger partial charge >= 0.3 is 5.97 Å². The van der Waals surface area contributed by atoms with E-state index in [1.54, 1.807) is 0 Å². The summed E-state index contributed by atoms with van der Waals surface area (Å²) in [6, 6.07) is 0. The summed E-state index contributed by atoms with van der Waals surface area (Å²) < 4.78 is 0. The molecule has 0 aliphatic carbocycles. The topological polar surface area (TPSA) is 37.0 Å². The number of hydrogen-bond acceptors (Lipinski definition) is 1. The van der Waals surface area contributed by atoms with Gasteiger partial charge in [-0.1, -0.05) is 12.6 Å². The van der Waals surface area contributed by atoms with E-state index in [9.17, 15) is 0 Å². The zero-order chi connectivity index (χ0) is 4.28. The number of rotatable bonds is 1. The van der Waals surface area contributed by atoms with Crippen molar-refractivity contribution in [1.82, 2.24) is 0 Å². The first-order valence-corrected chi connectivity index (χ1v) is 1.63. The first-order chi connectivity index (χ1) is 2.27. The van der Waals surface area contributed by atoms with Crippen LogP contribution in [-0.4, -0.2) is 11.7 Å². The monoisotopic (exact) mass is 90.0 g/mol. The van der Waals surface area contributed by atoms with Crippen LogP contribution in [0.15, 0.2) is 0 Å². The van der Waals surface area contributed by atoms with E-state index in [1.165, 1.54) is 0 Å². The summed E-state index contributed by atoms with van der Waals surface area (Å²) in [5, 5.41) is 9.15. The van der Waals surface area contributed by atoms with E-state index < -0.39 is 5.97 Å². The summed E-state index contributed by atoms with van der Waals surface area (Å²) in [6.07, 6.45) is 0. The molecule has 0 spiro atoms. The lowest BCUT2D eigenvalue weighted by atomic mass is 10.8. The molecule has 0 amide bonds. The summed E-state index contributed by atoms with van der Waals surface area (Å²) in [6.45, 7) is 0. The molecule has 28 valence electrons. The van der Waals surface area contributed by atoms with E-state index in [0.29, 0.717) is 0 Å². The largest absolute Gasteiger partial charge is 0.366 e. The molecule has 0 N–H and O–H groups in total. The summed E-state index contributed by atoms with van der Waals surface area (Å²) in [5.74, 6) is -1.49. The lowest BCUT2D eigenvalue weighted by Gasteiger charge is -1.63. The van der Waals surface area contributed by atoms with E-state index in [4.69, 9.17) is 9.90 Å². The van der Waals surface area contributed by atoms with Gasteiger partial charge in [-0.25, -0.2) is 9.90 Å². The second-order valence-corrected chi connectivity index (χ2v) is 0.805. The van der Waals surface area contributed by atoms with E-state index in [1.807, 2.05) is 0 Å². The van der Waals surface area contributed by atoms with Crippen LogP contribution in [0.5, 0.6) is 0 Å². The predicted molar refractivity (Wildman–Crippen MR) is 18.2 cm³/mol. The zero-order valence-corrected chi connectivity index (χ0v) is 3.25. The Morgan fingerprint density at radius 1 is 1.80 bits per heavy atom. The van der Waals surface area contributed by atoms with Crippen LogP contribution in [0.1, 0.15) is 0 Å². The minimum absolute atomic E-state index is 0.306. The predicted octanol–water partition coefficient (Wildman–Crippen LogP) is 0.141. The molecule has 0 fully saturated rings. The van der Waals surface area contributed by atoms with Gasteiger partial charge in [0, 0.05) is 0 Å². The smallest absolute Gasteiger partial charge is 0.246 e. The van der Waals surface area contributed by atoms with Gasteiger partial charge in [0.05, 0.1) is 0 Å². The molecule has 0 aliphatic heterocycles. The SMILES string of the molecule is [O]C(=O)C[S]. The second kappa shape index (κ2) is 2.08. The molecule has 0 saturated heterocycles. The standard InChI is InChI=1S/C2H2O2S/c3-2(4)1-5/h1H2. The highest BCUT2D eigenvalue weighted by atomic mass is 32.1. The third kappa shape index (κ3) is 3.82. The van der Waals surface area contributed by atoms with Gasteiger partial charge in [0.25, 0.3) is 0 Å². The maximum absolute atomic E-state index is 9.15. The van der Waals surface area contributed by atoms with Gasteiger partial charge < -0.3 is 0 Å². The van der Waals surface area contributed by atoms with Crippen molar-refractivity contribution < 1.29 is 9.90 Å². The molecule has 5 heavy (non-hydrogen) atoms. The highest BCUT2D eigenvalue weighted by Crippen LogP contribution is 1.67. The molecule has 0 aromatic carbocycles. The van der Waals surface area contributed by atoms with E-state index in [0.717, 1.165) is 0 Å². The summed E-state index contributed by atoms with van der Waals surface area (Å²) in [7, 11) is 0. The van der Waals surface area contributed by atoms with Crippen molar-refractivity contribution in [3.63, 3.8) is 0 Å². The zero-order valence-electron chi connectivity index (χ0n) is 2.43. The highest BCUT2D eigenvalue weighted by molar-refractivity contribution is 7.81. The van der Waals surface area contributed by atoms with Crippen LogP contribution in [0.4, 0.5) is 0 Å². The third-order valence-corrected chi connectivity index (χ3v) is 0.354. The number of hydrogen-bond donors (Lipinski definition) is 0. The number of carbonyl (C=O) groups is 1. The molecule has 0 bridgehead atoms. The maximum Gasteiger partial charge on any atom is 0.366 e. The maximum atomic E-state index is 9.15. The minimum atomic E-state index is -1.18. The van der Waals surface area contributed by atoms with Gasteiger partial charge in [-0.2, -0.15) is 0 Å². The Bertz CT molecular complexity index is 42.9. The fraction of sp³-hybridized carbons (Fsp3) is 0.500. The molecule has 0 saturated carbocycles. The lowest BCUT2D eigenvalue weighted by molar-refractivity contribution is -0.139. The quantitative estimate of drug-likeness (QED) is 0.451. The molecule has 3 heteroatoms. The summed E-state index contributed by atoms with van der Waals surface area (Å²) in [4.78, 5) is 9.15. The summed E-state index contributed by atoms with van der Waals surface area (Å²) in [5.41, 5.74) is 0. The van der Waals surface area contributed by atoms with Crippen molar-refractivity contribution in [3.8, 4) is 0 Å². The molecule has 0 aliphatic rings.